The molecular formula is C25H24N4O4S. The van der Waals surface area contributed by atoms with Gasteiger partial charge in [-0.25, -0.2) is 9.97 Å². The summed E-state index contributed by atoms with van der Waals surface area (Å²) in [5.41, 5.74) is 3.28. The number of aromatic amines is 1. The minimum atomic E-state index is -0.993. The molecule has 174 valence electrons. The Morgan fingerprint density at radius 2 is 1.88 bits per heavy atom. The normalized spacial score (nSPS) is 11.8. The monoisotopic (exact) mass is 476 g/mol. The maximum absolute atomic E-state index is 12.5. The second kappa shape index (κ2) is 10.4. The van der Waals surface area contributed by atoms with E-state index in [1.807, 2.05) is 17.5 Å². The van der Waals surface area contributed by atoms with Crippen molar-refractivity contribution < 1.29 is 14.3 Å². The van der Waals surface area contributed by atoms with E-state index >= 15 is 0 Å². The third-order valence-corrected chi connectivity index (χ3v) is 6.06. The van der Waals surface area contributed by atoms with Crippen molar-refractivity contribution in [3.8, 4) is 11.3 Å². The fraction of sp³-hybridized carbons (Fsp3) is 0.240. The Bertz CT molecular complexity index is 1380. The minimum Gasteiger partial charge on any atom is -0.453 e. The molecule has 0 saturated carbocycles. The van der Waals surface area contributed by atoms with Crippen LogP contribution in [0, 0.1) is 0 Å². The fourth-order valence-electron chi connectivity index (χ4n) is 3.37. The summed E-state index contributed by atoms with van der Waals surface area (Å²) in [6.07, 6.45) is 0.146. The van der Waals surface area contributed by atoms with Gasteiger partial charge in [0.25, 0.3) is 11.5 Å². The third kappa shape index (κ3) is 5.55. The van der Waals surface area contributed by atoms with Crippen LogP contribution in [-0.2, 0) is 27.2 Å². The van der Waals surface area contributed by atoms with Gasteiger partial charge in [0.15, 0.2) is 11.2 Å². The first-order chi connectivity index (χ1) is 16.4. The van der Waals surface area contributed by atoms with Crippen molar-refractivity contribution in [3.05, 3.63) is 75.7 Å². The van der Waals surface area contributed by atoms with Crippen LogP contribution in [0.3, 0.4) is 0 Å². The highest BCUT2D eigenvalue weighted by molar-refractivity contribution is 7.14. The van der Waals surface area contributed by atoms with Crippen LogP contribution in [0.15, 0.2) is 58.7 Å². The summed E-state index contributed by atoms with van der Waals surface area (Å²) >= 11 is 1.30. The van der Waals surface area contributed by atoms with Gasteiger partial charge < -0.3 is 9.72 Å². The van der Waals surface area contributed by atoms with E-state index in [0.29, 0.717) is 21.9 Å². The van der Waals surface area contributed by atoms with Gasteiger partial charge in [0, 0.05) is 17.4 Å². The quantitative estimate of drug-likeness (QED) is 0.370. The van der Waals surface area contributed by atoms with Crippen LogP contribution in [0.2, 0.25) is 0 Å². The number of hydrogen-bond acceptors (Lipinski definition) is 7. The van der Waals surface area contributed by atoms with Crippen molar-refractivity contribution in [2.24, 2.45) is 0 Å². The van der Waals surface area contributed by atoms with Gasteiger partial charge in [0.1, 0.15) is 5.82 Å². The predicted octanol–water partition coefficient (Wildman–Crippen LogP) is 4.11. The molecule has 0 fully saturated rings. The number of hydrogen-bond donors (Lipinski definition) is 2. The zero-order valence-electron chi connectivity index (χ0n) is 18.8. The Balaban J connectivity index is 1.30. The van der Waals surface area contributed by atoms with Crippen LogP contribution < -0.4 is 10.9 Å². The zero-order chi connectivity index (χ0) is 24.1. The average molecular weight is 477 g/mol. The first kappa shape index (κ1) is 23.3. The Hall–Kier alpha value is -3.85. The molecule has 4 rings (SSSR count). The van der Waals surface area contributed by atoms with E-state index < -0.39 is 18.0 Å². The number of esters is 1. The number of carbonyl (C=O) groups excluding carboxylic acids is 2. The summed E-state index contributed by atoms with van der Waals surface area (Å²) in [6.45, 7) is 3.60. The summed E-state index contributed by atoms with van der Waals surface area (Å²) in [6, 6.07) is 15.1. The SMILES string of the molecule is CCc1ccc(-c2csc(NC(=O)[C@@H](C)OC(=O)CCc3nc4ccccc4c(=O)[nH]3)n2)cc1. The molecule has 1 atom stereocenters. The van der Waals surface area contributed by atoms with Crippen LogP contribution in [-0.4, -0.2) is 32.9 Å². The second-order valence-corrected chi connectivity index (χ2v) is 8.60. The molecule has 1 amide bonds. The lowest BCUT2D eigenvalue weighted by molar-refractivity contribution is -0.153. The largest absolute Gasteiger partial charge is 0.453 e. The van der Waals surface area contributed by atoms with Crippen molar-refractivity contribution >= 4 is 39.2 Å². The van der Waals surface area contributed by atoms with Gasteiger partial charge in [-0.2, -0.15) is 0 Å². The number of fused-ring (bicyclic) bond motifs is 1. The number of amides is 1. The number of carbonyl (C=O) groups is 2. The molecule has 0 unspecified atom stereocenters. The summed E-state index contributed by atoms with van der Waals surface area (Å²) < 4.78 is 5.25. The molecular weight excluding hydrogens is 452 g/mol. The molecule has 0 aliphatic carbocycles. The van der Waals surface area contributed by atoms with Gasteiger partial charge in [-0.1, -0.05) is 43.3 Å². The number of anilines is 1. The smallest absolute Gasteiger partial charge is 0.307 e. The zero-order valence-corrected chi connectivity index (χ0v) is 19.6. The van der Waals surface area contributed by atoms with Crippen LogP contribution >= 0.6 is 11.3 Å². The van der Waals surface area contributed by atoms with Gasteiger partial charge >= 0.3 is 5.97 Å². The number of thiazole rings is 1. The molecule has 2 heterocycles. The third-order valence-electron chi connectivity index (χ3n) is 5.30. The minimum absolute atomic E-state index is 0.0198. The molecule has 2 aromatic carbocycles. The molecule has 0 saturated heterocycles. The number of nitrogens with one attached hydrogen (secondary N) is 2. The lowest BCUT2D eigenvalue weighted by Crippen LogP contribution is -2.30. The van der Waals surface area contributed by atoms with Gasteiger partial charge in [-0.05, 0) is 31.0 Å². The number of nitrogens with zero attached hydrogens (tertiary/aromatic N) is 2. The number of H-pyrrole nitrogens is 1. The second-order valence-electron chi connectivity index (χ2n) is 7.74. The lowest BCUT2D eigenvalue weighted by atomic mass is 10.1. The number of rotatable bonds is 8. The predicted molar refractivity (Wildman–Crippen MR) is 132 cm³/mol. The highest BCUT2D eigenvalue weighted by atomic mass is 32.1. The van der Waals surface area contributed by atoms with Crippen molar-refractivity contribution in [3.63, 3.8) is 0 Å². The van der Waals surface area contributed by atoms with Crippen LogP contribution in [0.25, 0.3) is 22.2 Å². The van der Waals surface area contributed by atoms with E-state index in [1.165, 1.54) is 23.8 Å². The van der Waals surface area contributed by atoms with Crippen molar-refractivity contribution in [2.75, 3.05) is 5.32 Å². The number of aromatic nitrogens is 3. The number of benzene rings is 2. The first-order valence-electron chi connectivity index (χ1n) is 11.0. The van der Waals surface area contributed by atoms with Crippen LogP contribution in [0.5, 0.6) is 0 Å². The van der Waals surface area contributed by atoms with E-state index in [0.717, 1.165) is 17.7 Å². The average Bonchev–Trinajstić information content (AvgIpc) is 3.31. The standard InChI is InChI=1S/C25H24N4O4S/c1-3-16-8-10-17(11-9-16)20-14-34-25(27-20)29-23(31)15(2)33-22(30)13-12-21-26-19-7-5-4-6-18(19)24(32)28-21/h4-11,14-15H,3,12-13H2,1-2H3,(H,26,28,32)(H,27,29,31)/t15-/m1/s1. The van der Waals surface area contributed by atoms with Gasteiger partial charge in [-0.3, -0.25) is 19.7 Å². The first-order valence-corrected chi connectivity index (χ1v) is 11.8. The number of aryl methyl sites for hydroxylation is 2. The van der Waals surface area contributed by atoms with E-state index in [4.69, 9.17) is 4.74 Å². The maximum atomic E-state index is 12.5. The molecule has 0 aliphatic rings. The van der Waals surface area contributed by atoms with Crippen molar-refractivity contribution in [1.82, 2.24) is 15.0 Å². The Kier molecular flexibility index (Phi) is 7.12. The van der Waals surface area contributed by atoms with Crippen LogP contribution in [0.1, 0.15) is 31.7 Å². The van der Waals surface area contributed by atoms with Gasteiger partial charge in [-0.15, -0.1) is 11.3 Å². The van der Waals surface area contributed by atoms with Gasteiger partial charge in [0.2, 0.25) is 0 Å². The van der Waals surface area contributed by atoms with E-state index in [9.17, 15) is 14.4 Å². The van der Waals surface area contributed by atoms with E-state index in [1.54, 1.807) is 24.3 Å². The molecule has 8 nitrogen and oxygen atoms in total. The molecule has 9 heteroatoms. The summed E-state index contributed by atoms with van der Waals surface area (Å²) in [5.74, 6) is -0.637. The van der Waals surface area contributed by atoms with E-state index in [-0.39, 0.29) is 18.4 Å². The Labute approximate surface area is 200 Å². The Morgan fingerprint density at radius 3 is 2.65 bits per heavy atom. The highest BCUT2D eigenvalue weighted by Crippen LogP contribution is 2.25. The van der Waals surface area contributed by atoms with Gasteiger partial charge in [0.05, 0.1) is 23.0 Å². The molecule has 34 heavy (non-hydrogen) atoms. The van der Waals surface area contributed by atoms with Crippen molar-refractivity contribution in [1.29, 1.82) is 0 Å². The van der Waals surface area contributed by atoms with E-state index in [2.05, 4.69) is 39.3 Å². The molecule has 0 aliphatic heterocycles. The highest BCUT2D eigenvalue weighted by Gasteiger charge is 2.19. The van der Waals surface area contributed by atoms with Crippen molar-refractivity contribution in [2.45, 2.75) is 39.2 Å². The summed E-state index contributed by atoms with van der Waals surface area (Å²) in [5, 5.41) is 5.48. The topological polar surface area (TPSA) is 114 Å². The number of ether oxygens (including phenoxy) is 1. The molecule has 2 aromatic heterocycles. The maximum Gasteiger partial charge on any atom is 0.307 e. The van der Waals surface area contributed by atoms with Crippen LogP contribution in [0.4, 0.5) is 5.13 Å². The molecule has 2 N–H and O–H groups in total. The molecule has 0 spiro atoms. The molecule has 0 bridgehead atoms. The fourth-order valence-corrected chi connectivity index (χ4v) is 4.09. The lowest BCUT2D eigenvalue weighted by Gasteiger charge is -2.12. The summed E-state index contributed by atoms with van der Waals surface area (Å²) in [4.78, 5) is 48.3. The molecule has 0 radical (unpaired) electrons. The molecule has 4 aromatic rings. The number of para-hydroxylation sites is 1. The summed E-state index contributed by atoms with van der Waals surface area (Å²) in [7, 11) is 0. The Morgan fingerprint density at radius 1 is 1.12 bits per heavy atom.